The standard InChI is InChI=1S/C14H15NO2/c1-10-3-4-12-8-13(6-5-11(12)7-10)15(2)14(17)9-16/h3-8,16H,9H2,1-2H3. The lowest BCUT2D eigenvalue weighted by Gasteiger charge is -2.16. The highest BCUT2D eigenvalue weighted by Gasteiger charge is 2.09. The summed E-state index contributed by atoms with van der Waals surface area (Å²) in [5.41, 5.74) is 2.01. The Morgan fingerprint density at radius 3 is 2.53 bits per heavy atom. The van der Waals surface area contributed by atoms with Crippen LogP contribution in [0.25, 0.3) is 10.8 Å². The first kappa shape index (κ1) is 11.6. The van der Waals surface area contributed by atoms with Crippen LogP contribution in [0.3, 0.4) is 0 Å². The molecular weight excluding hydrogens is 214 g/mol. The number of hydrogen-bond donors (Lipinski definition) is 1. The van der Waals surface area contributed by atoms with Crippen LogP contribution in [0.2, 0.25) is 0 Å². The number of rotatable bonds is 2. The Bertz CT molecular complexity index is 563. The largest absolute Gasteiger partial charge is 0.387 e. The number of nitrogens with zero attached hydrogens (tertiary/aromatic N) is 1. The van der Waals surface area contributed by atoms with Crippen LogP contribution in [0.15, 0.2) is 36.4 Å². The molecule has 1 N–H and O–H groups in total. The van der Waals surface area contributed by atoms with Crippen molar-refractivity contribution in [2.45, 2.75) is 6.92 Å². The molecule has 0 bridgehead atoms. The lowest BCUT2D eigenvalue weighted by molar-refractivity contribution is -0.120. The van der Waals surface area contributed by atoms with Crippen LogP contribution in [0.5, 0.6) is 0 Å². The molecule has 2 aromatic rings. The van der Waals surface area contributed by atoms with Crippen molar-refractivity contribution in [3.8, 4) is 0 Å². The van der Waals surface area contributed by atoms with Crippen LogP contribution < -0.4 is 4.90 Å². The highest BCUT2D eigenvalue weighted by molar-refractivity contribution is 5.96. The van der Waals surface area contributed by atoms with E-state index in [1.807, 2.05) is 30.3 Å². The number of hydrogen-bond acceptors (Lipinski definition) is 2. The van der Waals surface area contributed by atoms with Crippen molar-refractivity contribution >= 4 is 22.4 Å². The molecule has 0 spiro atoms. The zero-order chi connectivity index (χ0) is 12.4. The first-order chi connectivity index (χ1) is 8.11. The summed E-state index contributed by atoms with van der Waals surface area (Å²) in [7, 11) is 1.66. The fourth-order valence-corrected chi connectivity index (χ4v) is 1.81. The van der Waals surface area contributed by atoms with Gasteiger partial charge in [0.2, 0.25) is 0 Å². The molecule has 0 aliphatic carbocycles. The minimum Gasteiger partial charge on any atom is -0.387 e. The van der Waals surface area contributed by atoms with E-state index in [2.05, 4.69) is 13.0 Å². The molecule has 17 heavy (non-hydrogen) atoms. The van der Waals surface area contributed by atoms with Crippen LogP contribution >= 0.6 is 0 Å². The van der Waals surface area contributed by atoms with E-state index in [4.69, 9.17) is 5.11 Å². The Morgan fingerprint density at radius 1 is 1.18 bits per heavy atom. The van der Waals surface area contributed by atoms with E-state index in [9.17, 15) is 4.79 Å². The topological polar surface area (TPSA) is 40.5 Å². The second kappa shape index (κ2) is 4.55. The zero-order valence-electron chi connectivity index (χ0n) is 9.97. The van der Waals surface area contributed by atoms with Gasteiger partial charge in [0.1, 0.15) is 6.61 Å². The Hall–Kier alpha value is -1.87. The van der Waals surface area contributed by atoms with Crippen molar-refractivity contribution in [1.29, 1.82) is 0 Å². The molecule has 0 aliphatic rings. The summed E-state index contributed by atoms with van der Waals surface area (Å²) in [6.45, 7) is 1.58. The molecular formula is C14H15NO2. The summed E-state index contributed by atoms with van der Waals surface area (Å²) in [6.07, 6.45) is 0. The predicted octanol–water partition coefficient (Wildman–Crippen LogP) is 2.10. The van der Waals surface area contributed by atoms with Gasteiger partial charge in [-0.3, -0.25) is 4.79 Å². The Balaban J connectivity index is 2.44. The lowest BCUT2D eigenvalue weighted by atomic mass is 10.1. The second-order valence-electron chi connectivity index (χ2n) is 4.15. The maximum absolute atomic E-state index is 11.4. The van der Waals surface area contributed by atoms with Gasteiger partial charge in [-0.25, -0.2) is 0 Å². The normalized spacial score (nSPS) is 10.5. The molecule has 1 amide bonds. The molecule has 0 aliphatic heterocycles. The van der Waals surface area contributed by atoms with E-state index < -0.39 is 6.61 Å². The summed E-state index contributed by atoms with van der Waals surface area (Å²) < 4.78 is 0. The number of aliphatic hydroxyl groups is 1. The van der Waals surface area contributed by atoms with Gasteiger partial charge in [-0.2, -0.15) is 0 Å². The molecule has 0 saturated heterocycles. The molecule has 2 rings (SSSR count). The van der Waals surface area contributed by atoms with Crippen molar-refractivity contribution in [2.75, 3.05) is 18.6 Å². The van der Waals surface area contributed by atoms with Gasteiger partial charge >= 0.3 is 0 Å². The molecule has 3 nitrogen and oxygen atoms in total. The monoisotopic (exact) mass is 229 g/mol. The van der Waals surface area contributed by atoms with Gasteiger partial charge in [-0.05, 0) is 29.8 Å². The number of anilines is 1. The Kier molecular flexibility index (Phi) is 3.11. The fraction of sp³-hybridized carbons (Fsp3) is 0.214. The van der Waals surface area contributed by atoms with Gasteiger partial charge in [0, 0.05) is 12.7 Å². The molecule has 0 aromatic heterocycles. The Morgan fingerprint density at radius 2 is 1.82 bits per heavy atom. The van der Waals surface area contributed by atoms with E-state index in [1.165, 1.54) is 10.5 Å². The number of benzene rings is 2. The molecule has 0 unspecified atom stereocenters. The van der Waals surface area contributed by atoms with Crippen LogP contribution in [0, 0.1) is 6.92 Å². The maximum atomic E-state index is 11.4. The summed E-state index contributed by atoms with van der Waals surface area (Å²) in [5.74, 6) is -0.309. The van der Waals surface area contributed by atoms with Gasteiger partial charge in [-0.15, -0.1) is 0 Å². The van der Waals surface area contributed by atoms with Crippen molar-refractivity contribution in [3.63, 3.8) is 0 Å². The highest BCUT2D eigenvalue weighted by atomic mass is 16.3. The van der Waals surface area contributed by atoms with E-state index >= 15 is 0 Å². The Labute approximate surface area is 100 Å². The van der Waals surface area contributed by atoms with Crippen LogP contribution in [0.1, 0.15) is 5.56 Å². The number of likely N-dealkylation sites (N-methyl/N-ethyl adjacent to an activating group) is 1. The summed E-state index contributed by atoms with van der Waals surface area (Å²) in [6, 6.07) is 12.0. The summed E-state index contributed by atoms with van der Waals surface area (Å²) in [5, 5.41) is 11.1. The number of aryl methyl sites for hydroxylation is 1. The van der Waals surface area contributed by atoms with E-state index in [1.54, 1.807) is 7.05 Å². The number of aliphatic hydroxyl groups excluding tert-OH is 1. The third-order valence-electron chi connectivity index (χ3n) is 2.88. The third-order valence-corrected chi connectivity index (χ3v) is 2.88. The first-order valence-electron chi connectivity index (χ1n) is 5.49. The molecule has 0 saturated carbocycles. The molecule has 3 heteroatoms. The second-order valence-corrected chi connectivity index (χ2v) is 4.15. The number of fused-ring (bicyclic) bond motifs is 1. The van der Waals surface area contributed by atoms with Crippen molar-refractivity contribution in [1.82, 2.24) is 0 Å². The number of carbonyl (C=O) groups is 1. The van der Waals surface area contributed by atoms with E-state index in [-0.39, 0.29) is 5.91 Å². The van der Waals surface area contributed by atoms with E-state index in [0.717, 1.165) is 16.5 Å². The van der Waals surface area contributed by atoms with Crippen molar-refractivity contribution in [2.24, 2.45) is 0 Å². The van der Waals surface area contributed by atoms with Crippen molar-refractivity contribution < 1.29 is 9.90 Å². The smallest absolute Gasteiger partial charge is 0.252 e. The molecule has 88 valence electrons. The van der Waals surface area contributed by atoms with E-state index in [0.29, 0.717) is 0 Å². The summed E-state index contributed by atoms with van der Waals surface area (Å²) in [4.78, 5) is 12.8. The fourth-order valence-electron chi connectivity index (χ4n) is 1.81. The van der Waals surface area contributed by atoms with Gasteiger partial charge < -0.3 is 10.0 Å². The average Bonchev–Trinajstić information content (AvgIpc) is 2.36. The predicted molar refractivity (Wildman–Crippen MR) is 69.2 cm³/mol. The minimum atomic E-state index is -0.470. The quantitative estimate of drug-likeness (QED) is 0.856. The first-order valence-corrected chi connectivity index (χ1v) is 5.49. The van der Waals surface area contributed by atoms with Gasteiger partial charge in [-0.1, -0.05) is 29.8 Å². The minimum absolute atomic E-state index is 0.309. The maximum Gasteiger partial charge on any atom is 0.252 e. The lowest BCUT2D eigenvalue weighted by Crippen LogP contribution is -2.28. The number of amides is 1. The van der Waals surface area contributed by atoms with Gasteiger partial charge in [0.15, 0.2) is 0 Å². The van der Waals surface area contributed by atoms with Gasteiger partial charge in [0.25, 0.3) is 5.91 Å². The highest BCUT2D eigenvalue weighted by Crippen LogP contribution is 2.22. The molecule has 0 radical (unpaired) electrons. The number of carbonyl (C=O) groups excluding carboxylic acids is 1. The molecule has 2 aromatic carbocycles. The van der Waals surface area contributed by atoms with Gasteiger partial charge in [0.05, 0.1) is 0 Å². The zero-order valence-corrected chi connectivity index (χ0v) is 9.97. The molecule has 0 fully saturated rings. The molecule has 0 heterocycles. The van der Waals surface area contributed by atoms with Crippen LogP contribution in [-0.4, -0.2) is 24.7 Å². The summed E-state index contributed by atoms with van der Waals surface area (Å²) >= 11 is 0. The SMILES string of the molecule is Cc1ccc2cc(N(C)C(=O)CO)ccc2c1. The van der Waals surface area contributed by atoms with Crippen LogP contribution in [0.4, 0.5) is 5.69 Å². The van der Waals surface area contributed by atoms with Crippen molar-refractivity contribution in [3.05, 3.63) is 42.0 Å². The molecule has 0 atom stereocenters. The van der Waals surface area contributed by atoms with Crippen LogP contribution in [-0.2, 0) is 4.79 Å². The average molecular weight is 229 g/mol. The third kappa shape index (κ3) is 2.29.